The minimum absolute atomic E-state index is 0.157. The second-order valence-corrected chi connectivity index (χ2v) is 5.78. The van der Waals surface area contributed by atoms with E-state index in [-0.39, 0.29) is 5.75 Å². The van der Waals surface area contributed by atoms with Gasteiger partial charge in [0, 0.05) is 18.7 Å². The van der Waals surface area contributed by atoms with Crippen molar-refractivity contribution in [1.82, 2.24) is 5.32 Å². The largest absolute Gasteiger partial charge is 0.504 e. The van der Waals surface area contributed by atoms with Gasteiger partial charge in [-0.3, -0.25) is 0 Å². The summed E-state index contributed by atoms with van der Waals surface area (Å²) >= 11 is 1.57. The lowest BCUT2D eigenvalue weighted by molar-refractivity contribution is 0.175. The normalized spacial score (nSPS) is 12.1. The van der Waals surface area contributed by atoms with Crippen LogP contribution in [-0.2, 0) is 13.0 Å². The Kier molecular flexibility index (Phi) is 6.00. The van der Waals surface area contributed by atoms with E-state index in [9.17, 15) is 10.2 Å². The first-order valence-corrected chi connectivity index (χ1v) is 8.00. The molecule has 1 aromatic carbocycles. The molecule has 1 heterocycles. The van der Waals surface area contributed by atoms with E-state index >= 15 is 0 Å². The van der Waals surface area contributed by atoms with Crippen molar-refractivity contribution < 1.29 is 14.9 Å². The molecular weight excluding hydrogens is 298 g/mol. The number of nitrogens with one attached hydrogen (secondary N) is 1. The van der Waals surface area contributed by atoms with E-state index in [1.165, 1.54) is 7.11 Å². The SMILES string of the molecule is C=CCc1cc(CNCC(O)c2ccsc2)cc(OC)c1O. The highest BCUT2D eigenvalue weighted by atomic mass is 32.1. The van der Waals surface area contributed by atoms with Crippen LogP contribution in [0.15, 0.2) is 41.6 Å². The van der Waals surface area contributed by atoms with Crippen LogP contribution in [0.5, 0.6) is 11.5 Å². The van der Waals surface area contributed by atoms with Crippen molar-refractivity contribution in [3.63, 3.8) is 0 Å². The fraction of sp³-hybridized carbons (Fsp3) is 0.294. The molecule has 0 aliphatic carbocycles. The number of methoxy groups -OCH3 is 1. The van der Waals surface area contributed by atoms with E-state index in [1.54, 1.807) is 23.5 Å². The molecule has 1 unspecified atom stereocenters. The fourth-order valence-corrected chi connectivity index (χ4v) is 2.94. The molecule has 2 rings (SSSR count). The maximum Gasteiger partial charge on any atom is 0.161 e. The van der Waals surface area contributed by atoms with Crippen LogP contribution in [-0.4, -0.2) is 23.9 Å². The number of hydrogen-bond donors (Lipinski definition) is 3. The van der Waals surface area contributed by atoms with E-state index in [0.29, 0.717) is 25.3 Å². The monoisotopic (exact) mass is 319 g/mol. The van der Waals surface area contributed by atoms with Gasteiger partial charge in [0.2, 0.25) is 0 Å². The van der Waals surface area contributed by atoms with Crippen molar-refractivity contribution >= 4 is 11.3 Å². The van der Waals surface area contributed by atoms with Crippen LogP contribution >= 0.6 is 11.3 Å². The Hall–Kier alpha value is -1.82. The number of thiophene rings is 1. The molecule has 2 aromatic rings. The Balaban J connectivity index is 2.00. The number of phenolic OH excluding ortho intramolecular Hbond substituents is 1. The van der Waals surface area contributed by atoms with E-state index in [4.69, 9.17) is 4.74 Å². The number of aliphatic hydroxyl groups is 1. The minimum atomic E-state index is -0.516. The topological polar surface area (TPSA) is 61.7 Å². The average Bonchev–Trinajstić information content (AvgIpc) is 3.04. The fourth-order valence-electron chi connectivity index (χ4n) is 2.23. The van der Waals surface area contributed by atoms with Crippen molar-refractivity contribution in [3.05, 3.63) is 58.3 Å². The van der Waals surface area contributed by atoms with Crippen LogP contribution in [0.3, 0.4) is 0 Å². The van der Waals surface area contributed by atoms with Crippen molar-refractivity contribution in [3.8, 4) is 11.5 Å². The molecule has 0 saturated heterocycles. The predicted molar refractivity (Wildman–Crippen MR) is 89.5 cm³/mol. The van der Waals surface area contributed by atoms with Gasteiger partial charge in [0.05, 0.1) is 13.2 Å². The van der Waals surface area contributed by atoms with Gasteiger partial charge in [0.25, 0.3) is 0 Å². The van der Waals surface area contributed by atoms with Gasteiger partial charge in [-0.1, -0.05) is 12.1 Å². The van der Waals surface area contributed by atoms with Crippen LogP contribution in [0.2, 0.25) is 0 Å². The lowest BCUT2D eigenvalue weighted by Gasteiger charge is -2.13. The molecule has 5 heteroatoms. The minimum Gasteiger partial charge on any atom is -0.504 e. The van der Waals surface area contributed by atoms with E-state index in [0.717, 1.165) is 16.7 Å². The van der Waals surface area contributed by atoms with Crippen molar-refractivity contribution in [2.24, 2.45) is 0 Å². The predicted octanol–water partition coefficient (Wildman–Crippen LogP) is 3.01. The van der Waals surface area contributed by atoms with Gasteiger partial charge >= 0.3 is 0 Å². The molecule has 0 spiro atoms. The lowest BCUT2D eigenvalue weighted by atomic mass is 10.1. The second kappa shape index (κ2) is 7.98. The summed E-state index contributed by atoms with van der Waals surface area (Å²) in [5.41, 5.74) is 2.70. The summed E-state index contributed by atoms with van der Waals surface area (Å²) in [7, 11) is 1.53. The van der Waals surface area contributed by atoms with Crippen LogP contribution in [0.1, 0.15) is 22.8 Å². The van der Waals surface area contributed by atoms with Gasteiger partial charge in [-0.05, 0) is 40.4 Å². The van der Waals surface area contributed by atoms with E-state index < -0.39 is 6.10 Å². The molecule has 0 aliphatic heterocycles. The van der Waals surface area contributed by atoms with Gasteiger partial charge in [-0.15, -0.1) is 6.58 Å². The second-order valence-electron chi connectivity index (χ2n) is 5.00. The van der Waals surface area contributed by atoms with Crippen molar-refractivity contribution in [2.75, 3.05) is 13.7 Å². The molecule has 0 saturated carbocycles. The summed E-state index contributed by atoms with van der Waals surface area (Å²) in [5.74, 6) is 0.610. The molecule has 1 atom stereocenters. The molecule has 118 valence electrons. The summed E-state index contributed by atoms with van der Waals surface area (Å²) in [6.07, 6.45) is 1.80. The Morgan fingerprint density at radius 3 is 2.91 bits per heavy atom. The molecule has 4 nitrogen and oxygen atoms in total. The summed E-state index contributed by atoms with van der Waals surface area (Å²) < 4.78 is 5.20. The van der Waals surface area contributed by atoms with Crippen molar-refractivity contribution in [1.29, 1.82) is 0 Å². The number of benzene rings is 1. The maximum absolute atomic E-state index is 10.1. The number of aromatic hydroxyl groups is 1. The molecule has 0 bridgehead atoms. The number of hydrogen-bond acceptors (Lipinski definition) is 5. The first-order chi connectivity index (χ1) is 10.7. The van der Waals surface area contributed by atoms with Gasteiger partial charge in [-0.25, -0.2) is 0 Å². The molecular formula is C17H21NO3S. The highest BCUT2D eigenvalue weighted by Gasteiger charge is 2.11. The Morgan fingerprint density at radius 1 is 1.45 bits per heavy atom. The molecule has 1 aromatic heterocycles. The Bertz CT molecular complexity index is 611. The molecule has 3 N–H and O–H groups in total. The van der Waals surface area contributed by atoms with Gasteiger partial charge in [-0.2, -0.15) is 11.3 Å². The summed E-state index contributed by atoms with van der Waals surface area (Å²) in [5, 5.41) is 27.2. The van der Waals surface area contributed by atoms with Gasteiger partial charge < -0.3 is 20.3 Å². The van der Waals surface area contributed by atoms with Crippen LogP contribution in [0, 0.1) is 0 Å². The molecule has 0 radical (unpaired) electrons. The maximum atomic E-state index is 10.1. The standard InChI is InChI=1S/C17H21NO3S/c1-3-4-13-7-12(8-16(21-2)17(13)20)9-18-10-15(19)14-5-6-22-11-14/h3,5-8,11,15,18-20H,1,4,9-10H2,2H3. The van der Waals surface area contributed by atoms with E-state index in [2.05, 4.69) is 11.9 Å². The molecule has 22 heavy (non-hydrogen) atoms. The molecule has 0 aliphatic rings. The van der Waals surface area contributed by atoms with Gasteiger partial charge in [0.1, 0.15) is 0 Å². The van der Waals surface area contributed by atoms with E-state index in [1.807, 2.05) is 22.9 Å². The average molecular weight is 319 g/mol. The smallest absolute Gasteiger partial charge is 0.161 e. The number of phenols is 1. The zero-order valence-corrected chi connectivity index (χ0v) is 13.4. The Morgan fingerprint density at radius 2 is 2.27 bits per heavy atom. The van der Waals surface area contributed by atoms with Crippen LogP contribution < -0.4 is 10.1 Å². The number of allylic oxidation sites excluding steroid dienone is 1. The number of aliphatic hydroxyl groups excluding tert-OH is 1. The number of rotatable bonds is 8. The third-order valence-electron chi connectivity index (χ3n) is 3.39. The lowest BCUT2D eigenvalue weighted by Crippen LogP contribution is -2.20. The zero-order chi connectivity index (χ0) is 15.9. The summed E-state index contributed by atoms with van der Waals surface area (Å²) in [6, 6.07) is 5.64. The highest BCUT2D eigenvalue weighted by molar-refractivity contribution is 7.07. The summed E-state index contributed by atoms with van der Waals surface area (Å²) in [4.78, 5) is 0. The Labute approximate surface area is 134 Å². The number of ether oxygens (including phenoxy) is 1. The quantitative estimate of drug-likeness (QED) is 0.655. The molecule has 0 amide bonds. The highest BCUT2D eigenvalue weighted by Crippen LogP contribution is 2.32. The van der Waals surface area contributed by atoms with Crippen LogP contribution in [0.25, 0.3) is 0 Å². The molecule has 0 fully saturated rings. The third-order valence-corrected chi connectivity index (χ3v) is 4.09. The van der Waals surface area contributed by atoms with Crippen molar-refractivity contribution in [2.45, 2.75) is 19.1 Å². The third kappa shape index (κ3) is 4.10. The summed E-state index contributed by atoms with van der Waals surface area (Å²) in [6.45, 7) is 4.75. The van der Waals surface area contributed by atoms with Crippen LogP contribution in [0.4, 0.5) is 0 Å². The first-order valence-electron chi connectivity index (χ1n) is 7.06. The zero-order valence-electron chi connectivity index (χ0n) is 12.6. The van der Waals surface area contributed by atoms with Gasteiger partial charge in [0.15, 0.2) is 11.5 Å². The first kappa shape index (κ1) is 16.5.